The van der Waals surface area contributed by atoms with Crippen LogP contribution < -0.4 is 4.72 Å². The second-order valence-electron chi connectivity index (χ2n) is 4.74. The van der Waals surface area contributed by atoms with Crippen LogP contribution in [0.5, 0.6) is 0 Å². The van der Waals surface area contributed by atoms with Gasteiger partial charge in [0.25, 0.3) is 0 Å². The predicted molar refractivity (Wildman–Crippen MR) is 69.7 cm³/mol. The Labute approximate surface area is 123 Å². The van der Waals surface area contributed by atoms with Gasteiger partial charge in [0.15, 0.2) is 17.5 Å². The van der Waals surface area contributed by atoms with E-state index in [0.717, 1.165) is 0 Å². The van der Waals surface area contributed by atoms with Gasteiger partial charge in [0, 0.05) is 6.61 Å². The molecule has 1 aliphatic rings. The Bertz CT molecular complexity index is 701. The highest BCUT2D eigenvalue weighted by Gasteiger charge is 2.27. The molecule has 1 aromatic rings. The third kappa shape index (κ3) is 3.50. The minimum absolute atomic E-state index is 0.392. The number of nitrogens with one attached hydrogen (secondary N) is 1. The minimum atomic E-state index is -4.11. The highest BCUT2D eigenvalue weighted by molar-refractivity contribution is 7.92. The van der Waals surface area contributed by atoms with E-state index in [1.807, 2.05) is 0 Å². The van der Waals surface area contributed by atoms with Crippen molar-refractivity contribution in [3.63, 3.8) is 0 Å². The molecule has 1 aromatic carbocycles. The van der Waals surface area contributed by atoms with Gasteiger partial charge in [-0.3, -0.25) is 4.72 Å². The maximum atomic E-state index is 13.6. The second kappa shape index (κ2) is 6.13. The van der Waals surface area contributed by atoms with Crippen LogP contribution in [0.3, 0.4) is 0 Å². The molecular weight excluding hydrogens is 327 g/mol. The lowest BCUT2D eigenvalue weighted by atomic mass is 10.1. The molecule has 1 heterocycles. The van der Waals surface area contributed by atoms with Crippen LogP contribution in [0.2, 0.25) is 0 Å². The molecule has 122 valence electrons. The van der Waals surface area contributed by atoms with Crippen LogP contribution in [-0.4, -0.2) is 38.0 Å². The molecular formula is C12H12F3NO5S. The smallest absolute Gasteiger partial charge is 0.338 e. The molecule has 1 aliphatic heterocycles. The Kier molecular flexibility index (Phi) is 4.61. The average Bonchev–Trinajstić information content (AvgIpc) is 2.91. The number of anilines is 1. The van der Waals surface area contributed by atoms with Crippen molar-refractivity contribution in [2.24, 2.45) is 0 Å². The van der Waals surface area contributed by atoms with E-state index in [9.17, 15) is 26.4 Å². The number of ether oxygens (including phenoxy) is 1. The first-order valence-electron chi connectivity index (χ1n) is 6.24. The molecule has 22 heavy (non-hydrogen) atoms. The largest absolute Gasteiger partial charge is 0.478 e. The molecule has 1 saturated heterocycles. The molecule has 0 bridgehead atoms. The molecule has 1 atom stereocenters. The summed E-state index contributed by atoms with van der Waals surface area (Å²) in [5.41, 5.74) is -2.14. The molecule has 0 amide bonds. The summed E-state index contributed by atoms with van der Waals surface area (Å²) in [6, 6.07) is 0.392. The van der Waals surface area contributed by atoms with E-state index in [1.165, 1.54) is 0 Å². The highest BCUT2D eigenvalue weighted by Crippen LogP contribution is 2.25. The van der Waals surface area contributed by atoms with Gasteiger partial charge in [-0.1, -0.05) is 0 Å². The van der Waals surface area contributed by atoms with Crippen LogP contribution in [0, 0.1) is 17.5 Å². The molecule has 10 heteroatoms. The van der Waals surface area contributed by atoms with Crippen LogP contribution in [0.25, 0.3) is 0 Å². The van der Waals surface area contributed by atoms with Crippen molar-refractivity contribution in [1.29, 1.82) is 0 Å². The van der Waals surface area contributed by atoms with Crippen molar-refractivity contribution in [2.45, 2.75) is 18.9 Å². The number of aromatic carboxylic acids is 1. The zero-order valence-electron chi connectivity index (χ0n) is 11.1. The van der Waals surface area contributed by atoms with E-state index in [4.69, 9.17) is 9.84 Å². The lowest BCUT2D eigenvalue weighted by Gasteiger charge is -2.13. The SMILES string of the molecule is O=C(O)c1cc(NS(=O)(=O)CC2CCCO2)c(F)c(F)c1F. The average molecular weight is 339 g/mol. The summed E-state index contributed by atoms with van der Waals surface area (Å²) >= 11 is 0. The summed E-state index contributed by atoms with van der Waals surface area (Å²) in [6.07, 6.45) is 0.606. The van der Waals surface area contributed by atoms with E-state index < -0.39 is 56.6 Å². The zero-order chi connectivity index (χ0) is 16.5. The third-order valence-corrected chi connectivity index (χ3v) is 4.41. The molecule has 2 N–H and O–H groups in total. The number of halogens is 3. The topological polar surface area (TPSA) is 92.7 Å². The molecule has 0 saturated carbocycles. The van der Waals surface area contributed by atoms with Gasteiger partial charge in [-0.15, -0.1) is 0 Å². The Balaban J connectivity index is 2.30. The van der Waals surface area contributed by atoms with Crippen LogP contribution in [-0.2, 0) is 14.8 Å². The van der Waals surface area contributed by atoms with Crippen molar-refractivity contribution in [1.82, 2.24) is 0 Å². The number of benzene rings is 1. The Morgan fingerprint density at radius 3 is 2.55 bits per heavy atom. The van der Waals surface area contributed by atoms with Crippen molar-refractivity contribution in [2.75, 3.05) is 17.1 Å². The number of hydrogen-bond acceptors (Lipinski definition) is 4. The summed E-state index contributed by atoms with van der Waals surface area (Å²) in [7, 11) is -4.11. The molecule has 0 spiro atoms. The van der Waals surface area contributed by atoms with Crippen molar-refractivity contribution in [3.05, 3.63) is 29.1 Å². The van der Waals surface area contributed by atoms with E-state index in [2.05, 4.69) is 0 Å². The standard InChI is InChI=1S/C12H12F3NO5S/c13-9-7(12(17)18)4-8(10(14)11(9)15)16-22(19,20)5-6-2-1-3-21-6/h4,6,16H,1-3,5H2,(H,17,18). The first-order chi connectivity index (χ1) is 10.2. The molecule has 1 unspecified atom stereocenters. The van der Waals surface area contributed by atoms with Crippen LogP contribution >= 0.6 is 0 Å². The summed E-state index contributed by atoms with van der Waals surface area (Å²) in [6.45, 7) is 0.406. The van der Waals surface area contributed by atoms with Gasteiger partial charge in [-0.25, -0.2) is 26.4 Å². The van der Waals surface area contributed by atoms with Crippen molar-refractivity contribution in [3.8, 4) is 0 Å². The molecule has 0 aromatic heterocycles. The van der Waals surface area contributed by atoms with E-state index >= 15 is 0 Å². The third-order valence-electron chi connectivity index (χ3n) is 3.07. The van der Waals surface area contributed by atoms with E-state index in [0.29, 0.717) is 25.5 Å². The number of carboxylic acid groups (broad SMARTS) is 1. The summed E-state index contributed by atoms with van der Waals surface area (Å²) in [5.74, 6) is -8.11. The Morgan fingerprint density at radius 1 is 1.32 bits per heavy atom. The van der Waals surface area contributed by atoms with Gasteiger partial charge in [-0.2, -0.15) is 0 Å². The fourth-order valence-corrected chi connectivity index (χ4v) is 3.38. The summed E-state index contributed by atoms with van der Waals surface area (Å²) in [4.78, 5) is 10.8. The number of rotatable bonds is 5. The normalized spacial score (nSPS) is 18.4. The van der Waals surface area contributed by atoms with Crippen molar-refractivity contribution < 1.29 is 36.2 Å². The first kappa shape index (κ1) is 16.6. The highest BCUT2D eigenvalue weighted by atomic mass is 32.2. The lowest BCUT2D eigenvalue weighted by molar-refractivity contribution is 0.0690. The van der Waals surface area contributed by atoms with Gasteiger partial charge < -0.3 is 9.84 Å². The second-order valence-corrected chi connectivity index (χ2v) is 6.50. The fourth-order valence-electron chi connectivity index (χ4n) is 2.06. The minimum Gasteiger partial charge on any atom is -0.478 e. The van der Waals surface area contributed by atoms with E-state index in [1.54, 1.807) is 4.72 Å². The van der Waals surface area contributed by atoms with Crippen molar-refractivity contribution >= 4 is 21.7 Å². The molecule has 2 rings (SSSR count). The number of carboxylic acids is 1. The fraction of sp³-hybridized carbons (Fsp3) is 0.417. The van der Waals surface area contributed by atoms with Gasteiger partial charge in [0.05, 0.1) is 17.5 Å². The summed E-state index contributed by atoms with van der Waals surface area (Å²) in [5, 5.41) is 8.71. The molecule has 1 fully saturated rings. The van der Waals surface area contributed by atoms with Gasteiger partial charge in [0.1, 0.15) is 5.56 Å². The van der Waals surface area contributed by atoms with Crippen LogP contribution in [0.4, 0.5) is 18.9 Å². The molecule has 0 radical (unpaired) electrons. The number of hydrogen-bond donors (Lipinski definition) is 2. The van der Waals surface area contributed by atoms with Gasteiger partial charge in [-0.05, 0) is 18.9 Å². The van der Waals surface area contributed by atoms with Gasteiger partial charge in [0.2, 0.25) is 10.0 Å². The Morgan fingerprint density at radius 2 is 2.00 bits per heavy atom. The van der Waals surface area contributed by atoms with Crippen LogP contribution in [0.15, 0.2) is 6.07 Å². The molecule has 6 nitrogen and oxygen atoms in total. The maximum Gasteiger partial charge on any atom is 0.338 e. The van der Waals surface area contributed by atoms with E-state index in [-0.39, 0.29) is 0 Å². The monoisotopic (exact) mass is 339 g/mol. The Hall–Kier alpha value is -1.81. The van der Waals surface area contributed by atoms with Gasteiger partial charge >= 0.3 is 5.97 Å². The quantitative estimate of drug-likeness (QED) is 0.797. The number of sulfonamides is 1. The first-order valence-corrected chi connectivity index (χ1v) is 7.89. The summed E-state index contributed by atoms with van der Waals surface area (Å²) < 4.78 is 70.7. The molecule has 0 aliphatic carbocycles. The van der Waals surface area contributed by atoms with Crippen LogP contribution in [0.1, 0.15) is 23.2 Å². The number of carbonyl (C=O) groups is 1. The lowest BCUT2D eigenvalue weighted by Crippen LogP contribution is -2.26. The zero-order valence-corrected chi connectivity index (χ0v) is 11.9. The maximum absolute atomic E-state index is 13.6. The predicted octanol–water partition coefficient (Wildman–Crippen LogP) is 1.72.